The average molecular weight is 216 g/mol. The Morgan fingerprint density at radius 3 is 2.31 bits per heavy atom. The molecule has 1 aliphatic rings. The van der Waals surface area contributed by atoms with Crippen molar-refractivity contribution in [2.75, 3.05) is 20.1 Å². The van der Waals surface area contributed by atoms with E-state index in [1.807, 2.05) is 0 Å². The number of nitrogens with zero attached hydrogens (tertiary/aromatic N) is 1. The number of rotatable bonds is 3. The second-order valence-electron chi connectivity index (χ2n) is 3.75. The van der Waals surface area contributed by atoms with Crippen LogP contribution in [0.5, 0.6) is 0 Å². The number of alkyl halides is 4. The van der Waals surface area contributed by atoms with E-state index in [1.54, 1.807) is 0 Å². The molecular formula is C8H13ClF3N. The van der Waals surface area contributed by atoms with Gasteiger partial charge in [0.25, 0.3) is 0 Å². The third kappa shape index (κ3) is 4.18. The van der Waals surface area contributed by atoms with Crippen molar-refractivity contribution in [2.24, 2.45) is 5.92 Å². The highest BCUT2D eigenvalue weighted by atomic mass is 35.5. The molecule has 1 aliphatic carbocycles. The molecule has 1 nitrogen and oxygen atoms in total. The predicted molar refractivity (Wildman–Crippen MR) is 45.9 cm³/mol. The molecule has 1 rings (SSSR count). The lowest BCUT2D eigenvalue weighted by atomic mass is 9.84. The Balaban J connectivity index is 2.15. The van der Waals surface area contributed by atoms with Crippen molar-refractivity contribution in [1.82, 2.24) is 4.90 Å². The van der Waals surface area contributed by atoms with Gasteiger partial charge in [0.05, 0.1) is 6.54 Å². The highest BCUT2D eigenvalue weighted by molar-refractivity contribution is 6.21. The number of halogens is 4. The molecule has 0 saturated heterocycles. The summed E-state index contributed by atoms with van der Waals surface area (Å²) in [5.41, 5.74) is 0. The summed E-state index contributed by atoms with van der Waals surface area (Å²) in [6.45, 7) is -0.320. The molecule has 0 amide bonds. The van der Waals surface area contributed by atoms with Crippen LogP contribution in [-0.2, 0) is 0 Å². The van der Waals surface area contributed by atoms with Crippen LogP contribution in [-0.4, -0.2) is 36.6 Å². The fourth-order valence-electron chi connectivity index (χ4n) is 1.61. The minimum Gasteiger partial charge on any atom is -0.298 e. The molecule has 78 valence electrons. The third-order valence-electron chi connectivity index (χ3n) is 2.20. The van der Waals surface area contributed by atoms with E-state index >= 15 is 0 Å². The zero-order valence-electron chi connectivity index (χ0n) is 7.44. The summed E-state index contributed by atoms with van der Waals surface area (Å²) in [5, 5.41) is 0.185. The quantitative estimate of drug-likeness (QED) is 0.654. The summed E-state index contributed by atoms with van der Waals surface area (Å²) < 4.78 is 35.7. The molecule has 0 bridgehead atoms. The molecule has 0 N–H and O–H groups in total. The fourth-order valence-corrected chi connectivity index (χ4v) is 2.12. The predicted octanol–water partition coefficient (Wildman–Crippen LogP) is 2.50. The van der Waals surface area contributed by atoms with Crippen molar-refractivity contribution in [1.29, 1.82) is 0 Å². The van der Waals surface area contributed by atoms with Gasteiger partial charge in [-0.1, -0.05) is 0 Å². The van der Waals surface area contributed by atoms with Gasteiger partial charge < -0.3 is 0 Å². The van der Waals surface area contributed by atoms with Gasteiger partial charge in [-0.05, 0) is 25.8 Å². The lowest BCUT2D eigenvalue weighted by molar-refractivity contribution is -0.144. The Morgan fingerprint density at radius 2 is 1.92 bits per heavy atom. The summed E-state index contributed by atoms with van der Waals surface area (Å²) in [4.78, 5) is 1.31. The first-order valence-electron chi connectivity index (χ1n) is 4.26. The van der Waals surface area contributed by atoms with E-state index < -0.39 is 12.7 Å². The first-order chi connectivity index (χ1) is 5.87. The summed E-state index contributed by atoms with van der Waals surface area (Å²) >= 11 is 5.72. The van der Waals surface area contributed by atoms with E-state index in [0.717, 1.165) is 12.8 Å². The summed E-state index contributed by atoms with van der Waals surface area (Å²) in [7, 11) is 1.50. The Hall–Kier alpha value is 0.0400. The molecule has 0 aliphatic heterocycles. The Labute approximate surface area is 80.8 Å². The maximum atomic E-state index is 11.9. The molecule has 5 heteroatoms. The lowest BCUT2D eigenvalue weighted by Crippen LogP contribution is -2.39. The maximum absolute atomic E-state index is 11.9. The molecule has 0 aromatic carbocycles. The first kappa shape index (κ1) is 11.1. The van der Waals surface area contributed by atoms with E-state index in [1.165, 1.54) is 11.9 Å². The number of hydrogen-bond acceptors (Lipinski definition) is 1. The van der Waals surface area contributed by atoms with Crippen LogP contribution in [0.4, 0.5) is 13.2 Å². The van der Waals surface area contributed by atoms with Crippen LogP contribution in [0.1, 0.15) is 12.8 Å². The topological polar surface area (TPSA) is 3.24 Å². The van der Waals surface area contributed by atoms with Crippen molar-refractivity contribution in [3.8, 4) is 0 Å². The van der Waals surface area contributed by atoms with Crippen molar-refractivity contribution < 1.29 is 13.2 Å². The largest absolute Gasteiger partial charge is 0.401 e. The second-order valence-corrected chi connectivity index (χ2v) is 4.36. The first-order valence-corrected chi connectivity index (χ1v) is 4.70. The van der Waals surface area contributed by atoms with Gasteiger partial charge in [0, 0.05) is 11.9 Å². The molecule has 0 aromatic rings. The molecular weight excluding hydrogens is 203 g/mol. The van der Waals surface area contributed by atoms with Gasteiger partial charge in [0.15, 0.2) is 0 Å². The summed E-state index contributed by atoms with van der Waals surface area (Å²) in [6.07, 6.45) is -2.38. The van der Waals surface area contributed by atoms with E-state index in [0.29, 0.717) is 12.5 Å². The van der Waals surface area contributed by atoms with Crippen molar-refractivity contribution >= 4 is 11.6 Å². The molecule has 13 heavy (non-hydrogen) atoms. The molecule has 0 heterocycles. The molecule has 0 aromatic heterocycles. The average Bonchev–Trinajstić information content (AvgIpc) is 1.79. The third-order valence-corrected chi connectivity index (χ3v) is 2.55. The molecule has 0 spiro atoms. The molecule has 1 saturated carbocycles. The normalized spacial score (nSPS) is 29.1. The molecule has 0 unspecified atom stereocenters. The van der Waals surface area contributed by atoms with Crippen molar-refractivity contribution in [3.63, 3.8) is 0 Å². The monoisotopic (exact) mass is 215 g/mol. The van der Waals surface area contributed by atoms with Gasteiger partial charge >= 0.3 is 6.18 Å². The van der Waals surface area contributed by atoms with Crippen molar-refractivity contribution in [3.05, 3.63) is 0 Å². The van der Waals surface area contributed by atoms with Gasteiger partial charge in [-0.15, -0.1) is 11.6 Å². The smallest absolute Gasteiger partial charge is 0.298 e. The minimum absolute atomic E-state index is 0.185. The van der Waals surface area contributed by atoms with Gasteiger partial charge in [-0.25, -0.2) is 0 Å². The van der Waals surface area contributed by atoms with E-state index in [4.69, 9.17) is 11.6 Å². The van der Waals surface area contributed by atoms with Crippen LogP contribution in [0.3, 0.4) is 0 Å². The molecule has 0 atom stereocenters. The Kier molecular flexibility index (Phi) is 3.46. The zero-order chi connectivity index (χ0) is 10.1. The van der Waals surface area contributed by atoms with E-state index in [-0.39, 0.29) is 5.38 Å². The van der Waals surface area contributed by atoms with E-state index in [9.17, 15) is 13.2 Å². The molecule has 1 fully saturated rings. The fraction of sp³-hybridized carbons (Fsp3) is 1.00. The molecule has 0 radical (unpaired) electrons. The second kappa shape index (κ2) is 4.05. The minimum atomic E-state index is -4.08. The number of hydrogen-bond donors (Lipinski definition) is 0. The van der Waals surface area contributed by atoms with Crippen LogP contribution in [0.15, 0.2) is 0 Å². The lowest BCUT2D eigenvalue weighted by Gasteiger charge is -2.34. The maximum Gasteiger partial charge on any atom is 0.401 e. The van der Waals surface area contributed by atoms with Gasteiger partial charge in [-0.3, -0.25) is 4.90 Å². The Bertz CT molecular complexity index is 165. The van der Waals surface area contributed by atoms with Crippen molar-refractivity contribution in [2.45, 2.75) is 24.4 Å². The van der Waals surface area contributed by atoms with Gasteiger partial charge in [0.2, 0.25) is 0 Å². The summed E-state index contributed by atoms with van der Waals surface area (Å²) in [5.74, 6) is 0.356. The SMILES string of the molecule is CN(CC1CC(Cl)C1)CC(F)(F)F. The van der Waals surface area contributed by atoms with Gasteiger partial charge in [0.1, 0.15) is 0 Å². The summed E-state index contributed by atoms with van der Waals surface area (Å²) in [6, 6.07) is 0. The highest BCUT2D eigenvalue weighted by Gasteiger charge is 2.33. The highest BCUT2D eigenvalue weighted by Crippen LogP contribution is 2.32. The van der Waals surface area contributed by atoms with Crippen LogP contribution in [0.2, 0.25) is 0 Å². The standard InChI is InChI=1S/C8H13ClF3N/c1-13(5-8(10,11)12)4-6-2-7(9)3-6/h6-7H,2-5H2,1H3. The van der Waals surface area contributed by atoms with Crippen LogP contribution < -0.4 is 0 Å². The van der Waals surface area contributed by atoms with Gasteiger partial charge in [-0.2, -0.15) is 13.2 Å². The van der Waals surface area contributed by atoms with Crippen LogP contribution >= 0.6 is 11.6 Å². The van der Waals surface area contributed by atoms with Crippen LogP contribution in [0, 0.1) is 5.92 Å². The van der Waals surface area contributed by atoms with E-state index in [2.05, 4.69) is 0 Å². The zero-order valence-corrected chi connectivity index (χ0v) is 8.20. The van der Waals surface area contributed by atoms with Crippen LogP contribution in [0.25, 0.3) is 0 Å². The Morgan fingerprint density at radius 1 is 1.38 bits per heavy atom.